The number of pyridine rings is 1. The Kier molecular flexibility index (Phi) is 7.18. The number of aryl methyl sites for hydroxylation is 1. The molecule has 2 aromatic carbocycles. The summed E-state index contributed by atoms with van der Waals surface area (Å²) in [6.45, 7) is 2.47. The second-order valence-corrected chi connectivity index (χ2v) is 9.35. The van der Waals surface area contributed by atoms with Crippen LogP contribution in [0.3, 0.4) is 0 Å². The van der Waals surface area contributed by atoms with Gasteiger partial charge in [-0.2, -0.15) is 0 Å². The molecule has 2 aromatic heterocycles. The van der Waals surface area contributed by atoms with Crippen molar-refractivity contribution in [1.29, 1.82) is 0 Å². The van der Waals surface area contributed by atoms with Gasteiger partial charge in [-0.25, -0.2) is 0 Å². The van der Waals surface area contributed by atoms with Gasteiger partial charge in [0.1, 0.15) is 5.75 Å². The number of nitrogens with one attached hydrogen (secondary N) is 2. The number of anilines is 1. The molecule has 7 nitrogen and oxygen atoms in total. The molecular weight excluding hydrogens is 482 g/mol. The summed E-state index contributed by atoms with van der Waals surface area (Å²) in [5.41, 5.74) is 4.76. The Balaban J connectivity index is 1.45. The van der Waals surface area contributed by atoms with E-state index in [1.165, 1.54) is 0 Å². The first-order chi connectivity index (χ1) is 18.0. The molecule has 1 fully saturated rings. The number of benzene rings is 2. The van der Waals surface area contributed by atoms with E-state index < -0.39 is 0 Å². The monoisotopic (exact) mass is 511 g/mol. The lowest BCUT2D eigenvalue weighted by Gasteiger charge is -2.29. The smallest absolute Gasteiger partial charge is 0.226 e. The van der Waals surface area contributed by atoms with Gasteiger partial charge in [0, 0.05) is 36.7 Å². The maximum Gasteiger partial charge on any atom is 0.226 e. The molecule has 0 aliphatic carbocycles. The van der Waals surface area contributed by atoms with E-state index in [9.17, 15) is 4.79 Å². The molecule has 0 radical (unpaired) electrons. The summed E-state index contributed by atoms with van der Waals surface area (Å²) in [5, 5.41) is 7.05. The van der Waals surface area contributed by atoms with Crippen molar-refractivity contribution in [3.05, 3.63) is 108 Å². The SMILES string of the molecule is COc1ccccc1-n1cccc1[C@@H]1[C@H](c2ccccn2)NC(=S)N1CCC(=O)Nc1ccc(C)cc1. The summed E-state index contributed by atoms with van der Waals surface area (Å²) >= 11 is 5.79. The number of thiocarbonyl (C=S) groups is 1. The molecule has 5 rings (SSSR count). The molecule has 1 saturated heterocycles. The largest absolute Gasteiger partial charge is 0.495 e. The molecule has 3 heterocycles. The van der Waals surface area contributed by atoms with E-state index in [0.717, 1.165) is 34.1 Å². The van der Waals surface area contributed by atoms with Crippen molar-refractivity contribution in [3.63, 3.8) is 0 Å². The lowest BCUT2D eigenvalue weighted by Crippen LogP contribution is -2.33. The number of para-hydroxylation sites is 2. The van der Waals surface area contributed by atoms with Gasteiger partial charge in [-0.1, -0.05) is 35.9 Å². The van der Waals surface area contributed by atoms with E-state index in [-0.39, 0.29) is 24.4 Å². The lowest BCUT2D eigenvalue weighted by atomic mass is 10.0. The van der Waals surface area contributed by atoms with Gasteiger partial charge in [0.2, 0.25) is 5.91 Å². The Morgan fingerprint density at radius 1 is 1.05 bits per heavy atom. The average Bonchev–Trinajstić information content (AvgIpc) is 3.53. The molecule has 2 atom stereocenters. The molecule has 0 saturated carbocycles. The summed E-state index contributed by atoms with van der Waals surface area (Å²) < 4.78 is 7.77. The van der Waals surface area contributed by atoms with Gasteiger partial charge in [0.25, 0.3) is 0 Å². The predicted octanol–water partition coefficient (Wildman–Crippen LogP) is 5.19. The molecule has 1 aliphatic rings. The highest BCUT2D eigenvalue weighted by Gasteiger charge is 2.41. The number of hydrogen-bond acceptors (Lipinski definition) is 4. The van der Waals surface area contributed by atoms with Crippen LogP contribution in [0.15, 0.2) is 91.3 Å². The van der Waals surface area contributed by atoms with Gasteiger partial charge < -0.3 is 24.8 Å². The van der Waals surface area contributed by atoms with Crippen LogP contribution in [0.25, 0.3) is 5.69 Å². The highest BCUT2D eigenvalue weighted by atomic mass is 32.1. The first-order valence-corrected chi connectivity index (χ1v) is 12.6. The fraction of sp³-hybridized carbons (Fsp3) is 0.207. The normalized spacial score (nSPS) is 16.9. The molecule has 2 N–H and O–H groups in total. The zero-order chi connectivity index (χ0) is 25.8. The number of nitrogens with zero attached hydrogens (tertiary/aromatic N) is 3. The Morgan fingerprint density at radius 3 is 2.59 bits per heavy atom. The summed E-state index contributed by atoms with van der Waals surface area (Å²) in [7, 11) is 1.67. The molecule has 0 unspecified atom stereocenters. The van der Waals surface area contributed by atoms with Gasteiger partial charge >= 0.3 is 0 Å². The molecule has 8 heteroatoms. The van der Waals surface area contributed by atoms with E-state index in [0.29, 0.717) is 11.7 Å². The van der Waals surface area contributed by atoms with Crippen LogP contribution in [0.1, 0.15) is 35.5 Å². The van der Waals surface area contributed by atoms with E-state index in [1.54, 1.807) is 13.3 Å². The Labute approximate surface area is 222 Å². The van der Waals surface area contributed by atoms with Crippen LogP contribution < -0.4 is 15.4 Å². The highest BCUT2D eigenvalue weighted by molar-refractivity contribution is 7.80. The number of methoxy groups -OCH3 is 1. The molecule has 1 amide bonds. The van der Waals surface area contributed by atoms with Gasteiger partial charge in [-0.05, 0) is 67.7 Å². The molecule has 188 valence electrons. The maximum atomic E-state index is 12.8. The van der Waals surface area contributed by atoms with Crippen molar-refractivity contribution < 1.29 is 9.53 Å². The minimum absolute atomic E-state index is 0.0631. The summed E-state index contributed by atoms with van der Waals surface area (Å²) in [4.78, 5) is 19.6. The van der Waals surface area contributed by atoms with E-state index in [1.807, 2.05) is 85.9 Å². The Morgan fingerprint density at radius 2 is 1.84 bits per heavy atom. The van der Waals surface area contributed by atoms with Gasteiger partial charge in [0.05, 0.1) is 30.6 Å². The predicted molar refractivity (Wildman–Crippen MR) is 149 cm³/mol. The fourth-order valence-corrected chi connectivity index (χ4v) is 5.07. The van der Waals surface area contributed by atoms with Crippen molar-refractivity contribution >= 4 is 28.9 Å². The molecule has 1 aliphatic heterocycles. The topological polar surface area (TPSA) is 71.4 Å². The zero-order valence-electron chi connectivity index (χ0n) is 20.8. The minimum atomic E-state index is -0.186. The van der Waals surface area contributed by atoms with Crippen LogP contribution >= 0.6 is 12.2 Å². The van der Waals surface area contributed by atoms with Crippen LogP contribution in [-0.2, 0) is 4.79 Å². The quantitative estimate of drug-likeness (QED) is 0.317. The van der Waals surface area contributed by atoms with Crippen LogP contribution in [-0.4, -0.2) is 39.1 Å². The van der Waals surface area contributed by atoms with Crippen molar-refractivity contribution in [1.82, 2.24) is 19.8 Å². The average molecular weight is 512 g/mol. The minimum Gasteiger partial charge on any atom is -0.495 e. The standard InChI is InChI=1S/C29H29N5O2S/c1-20-12-14-21(15-13-20)31-26(35)16-19-34-28(27(32-29(34)37)22-8-5-6-17-30-22)24-10-7-18-33(24)23-9-3-4-11-25(23)36-2/h3-15,17-18,27-28H,16,19H2,1-2H3,(H,31,35)(H,32,37)/t27-,28+/m0/s1. The molecule has 37 heavy (non-hydrogen) atoms. The van der Waals surface area contributed by atoms with E-state index in [4.69, 9.17) is 17.0 Å². The van der Waals surface area contributed by atoms with Gasteiger partial charge in [-0.15, -0.1) is 0 Å². The van der Waals surface area contributed by atoms with Crippen LogP contribution in [0.2, 0.25) is 0 Å². The van der Waals surface area contributed by atoms with Crippen molar-refractivity contribution in [2.45, 2.75) is 25.4 Å². The summed E-state index contributed by atoms with van der Waals surface area (Å²) in [6, 6.07) is 25.3. The second-order valence-electron chi connectivity index (χ2n) is 8.96. The van der Waals surface area contributed by atoms with Gasteiger partial charge in [0.15, 0.2) is 5.11 Å². The van der Waals surface area contributed by atoms with Crippen molar-refractivity contribution in [2.24, 2.45) is 0 Å². The Bertz CT molecular complexity index is 1390. The van der Waals surface area contributed by atoms with Crippen molar-refractivity contribution in [3.8, 4) is 11.4 Å². The first kappa shape index (κ1) is 24.5. The molecule has 4 aromatic rings. The maximum absolute atomic E-state index is 12.8. The summed E-state index contributed by atoms with van der Waals surface area (Å²) in [5.74, 6) is 0.707. The number of ether oxygens (including phenoxy) is 1. The fourth-order valence-electron chi connectivity index (χ4n) is 4.73. The molecule has 0 bridgehead atoms. The number of hydrogen-bond donors (Lipinski definition) is 2. The summed E-state index contributed by atoms with van der Waals surface area (Å²) in [6.07, 6.45) is 4.09. The number of carbonyl (C=O) groups excluding carboxylic acids is 1. The number of carbonyl (C=O) groups is 1. The van der Waals surface area contributed by atoms with Crippen LogP contribution in [0, 0.1) is 6.92 Å². The van der Waals surface area contributed by atoms with Crippen LogP contribution in [0.5, 0.6) is 5.75 Å². The zero-order valence-corrected chi connectivity index (χ0v) is 21.6. The third-order valence-corrected chi connectivity index (χ3v) is 6.89. The number of rotatable bonds is 8. The highest BCUT2D eigenvalue weighted by Crippen LogP contribution is 2.40. The molecular formula is C29H29N5O2S. The van der Waals surface area contributed by atoms with E-state index >= 15 is 0 Å². The van der Waals surface area contributed by atoms with Crippen molar-refractivity contribution in [2.75, 3.05) is 19.0 Å². The number of aromatic nitrogens is 2. The first-order valence-electron chi connectivity index (χ1n) is 12.2. The van der Waals surface area contributed by atoms with Crippen LogP contribution in [0.4, 0.5) is 5.69 Å². The lowest BCUT2D eigenvalue weighted by molar-refractivity contribution is -0.116. The molecule has 0 spiro atoms. The van der Waals surface area contributed by atoms with Gasteiger partial charge in [-0.3, -0.25) is 9.78 Å². The number of amides is 1. The Hall–Kier alpha value is -4.17. The van der Waals surface area contributed by atoms with E-state index in [2.05, 4.69) is 31.2 Å². The third-order valence-electron chi connectivity index (χ3n) is 6.54. The third kappa shape index (κ3) is 5.20. The second kappa shape index (κ2) is 10.8.